The van der Waals surface area contributed by atoms with Gasteiger partial charge in [0, 0.05) is 30.1 Å². The third-order valence-electron chi connectivity index (χ3n) is 2.93. The summed E-state index contributed by atoms with van der Waals surface area (Å²) in [5.74, 6) is 2.10. The molecule has 0 fully saturated rings. The maximum absolute atomic E-state index is 5.78. The topological polar surface area (TPSA) is 47.3 Å². The normalized spacial score (nSPS) is 12.6. The predicted octanol–water partition coefficient (Wildman–Crippen LogP) is 2.98. The summed E-state index contributed by atoms with van der Waals surface area (Å²) in [6, 6.07) is 5.70. The van der Waals surface area contributed by atoms with Crippen LogP contribution >= 0.6 is 0 Å². The Bertz CT molecular complexity index is 337. The number of nitrogen functional groups attached to an aromatic ring is 1. The molecule has 1 rings (SSSR count). The molecule has 0 bridgehead atoms. The zero-order chi connectivity index (χ0) is 12.1. The van der Waals surface area contributed by atoms with Crippen molar-refractivity contribution in [3.63, 3.8) is 0 Å². The van der Waals surface area contributed by atoms with E-state index in [0.29, 0.717) is 11.8 Å². The SMILES string of the molecule is COc1cc(N)cc(NCC(C)C(C)C)c1. The van der Waals surface area contributed by atoms with Crippen LogP contribution in [-0.4, -0.2) is 13.7 Å². The second-order valence-electron chi connectivity index (χ2n) is 4.60. The lowest BCUT2D eigenvalue weighted by atomic mass is 9.98. The highest BCUT2D eigenvalue weighted by molar-refractivity contribution is 5.59. The average Bonchev–Trinajstić information content (AvgIpc) is 2.24. The molecule has 0 amide bonds. The van der Waals surface area contributed by atoms with E-state index in [1.807, 2.05) is 18.2 Å². The van der Waals surface area contributed by atoms with Gasteiger partial charge >= 0.3 is 0 Å². The fourth-order valence-electron chi connectivity index (χ4n) is 1.36. The van der Waals surface area contributed by atoms with Crippen LogP contribution in [0.2, 0.25) is 0 Å². The largest absolute Gasteiger partial charge is 0.497 e. The van der Waals surface area contributed by atoms with E-state index in [1.165, 1.54) is 0 Å². The Morgan fingerprint density at radius 2 is 1.94 bits per heavy atom. The Morgan fingerprint density at radius 3 is 2.50 bits per heavy atom. The number of anilines is 2. The van der Waals surface area contributed by atoms with Gasteiger partial charge in [-0.05, 0) is 17.9 Å². The summed E-state index contributed by atoms with van der Waals surface area (Å²) in [4.78, 5) is 0. The second kappa shape index (κ2) is 5.64. The van der Waals surface area contributed by atoms with Crippen LogP contribution in [0.25, 0.3) is 0 Å². The van der Waals surface area contributed by atoms with Gasteiger partial charge in [-0.15, -0.1) is 0 Å². The number of hydrogen-bond acceptors (Lipinski definition) is 3. The Hall–Kier alpha value is -1.38. The molecule has 0 saturated heterocycles. The van der Waals surface area contributed by atoms with Crippen LogP contribution in [0.4, 0.5) is 11.4 Å². The highest BCUT2D eigenvalue weighted by Gasteiger charge is 2.07. The molecule has 0 saturated carbocycles. The van der Waals surface area contributed by atoms with Gasteiger partial charge in [-0.3, -0.25) is 0 Å². The first-order valence-corrected chi connectivity index (χ1v) is 5.71. The monoisotopic (exact) mass is 222 g/mol. The minimum atomic E-state index is 0.632. The lowest BCUT2D eigenvalue weighted by Crippen LogP contribution is -2.16. The van der Waals surface area contributed by atoms with E-state index in [0.717, 1.165) is 23.7 Å². The third kappa shape index (κ3) is 3.65. The fourth-order valence-corrected chi connectivity index (χ4v) is 1.36. The zero-order valence-electron chi connectivity index (χ0n) is 10.6. The summed E-state index contributed by atoms with van der Waals surface area (Å²) < 4.78 is 5.17. The first-order valence-electron chi connectivity index (χ1n) is 5.71. The van der Waals surface area contributed by atoms with Crippen LogP contribution < -0.4 is 15.8 Å². The maximum atomic E-state index is 5.78. The van der Waals surface area contributed by atoms with Crippen LogP contribution in [0.3, 0.4) is 0 Å². The van der Waals surface area contributed by atoms with Crippen LogP contribution in [0.15, 0.2) is 18.2 Å². The summed E-state index contributed by atoms with van der Waals surface area (Å²) in [6.07, 6.45) is 0. The Kier molecular flexibility index (Phi) is 4.47. The van der Waals surface area contributed by atoms with Crippen LogP contribution in [-0.2, 0) is 0 Å². The minimum Gasteiger partial charge on any atom is -0.497 e. The summed E-state index contributed by atoms with van der Waals surface area (Å²) in [7, 11) is 1.65. The van der Waals surface area contributed by atoms with E-state index >= 15 is 0 Å². The lowest BCUT2D eigenvalue weighted by Gasteiger charge is -2.17. The number of hydrogen-bond donors (Lipinski definition) is 2. The number of ether oxygens (including phenoxy) is 1. The highest BCUT2D eigenvalue weighted by atomic mass is 16.5. The summed E-state index contributed by atoms with van der Waals surface area (Å²) >= 11 is 0. The molecule has 3 N–H and O–H groups in total. The van der Waals surface area contributed by atoms with Crippen molar-refractivity contribution >= 4 is 11.4 Å². The van der Waals surface area contributed by atoms with Crippen molar-refractivity contribution in [2.24, 2.45) is 11.8 Å². The van der Waals surface area contributed by atoms with Crippen molar-refractivity contribution in [1.29, 1.82) is 0 Å². The van der Waals surface area contributed by atoms with E-state index in [-0.39, 0.29) is 0 Å². The molecule has 0 aliphatic heterocycles. The van der Waals surface area contributed by atoms with Crippen LogP contribution in [0, 0.1) is 11.8 Å². The van der Waals surface area contributed by atoms with E-state index in [2.05, 4.69) is 26.1 Å². The molecule has 3 nitrogen and oxygen atoms in total. The number of rotatable bonds is 5. The van der Waals surface area contributed by atoms with Gasteiger partial charge in [0.2, 0.25) is 0 Å². The van der Waals surface area contributed by atoms with Gasteiger partial charge in [0.15, 0.2) is 0 Å². The molecule has 0 heterocycles. The molecule has 0 aromatic heterocycles. The highest BCUT2D eigenvalue weighted by Crippen LogP contribution is 2.22. The molecule has 90 valence electrons. The van der Waals surface area contributed by atoms with Gasteiger partial charge in [0.25, 0.3) is 0 Å². The van der Waals surface area contributed by atoms with Gasteiger partial charge in [-0.25, -0.2) is 0 Å². The molecular formula is C13H22N2O. The Balaban J connectivity index is 2.63. The molecule has 1 aromatic rings. The van der Waals surface area contributed by atoms with Gasteiger partial charge in [-0.1, -0.05) is 20.8 Å². The molecule has 1 unspecified atom stereocenters. The fraction of sp³-hybridized carbons (Fsp3) is 0.538. The molecule has 0 spiro atoms. The molecular weight excluding hydrogens is 200 g/mol. The van der Waals surface area contributed by atoms with E-state index in [4.69, 9.17) is 10.5 Å². The summed E-state index contributed by atoms with van der Waals surface area (Å²) in [5, 5.41) is 3.38. The quantitative estimate of drug-likeness (QED) is 0.753. The summed E-state index contributed by atoms with van der Waals surface area (Å²) in [6.45, 7) is 7.64. The lowest BCUT2D eigenvalue weighted by molar-refractivity contribution is 0.415. The molecule has 16 heavy (non-hydrogen) atoms. The van der Waals surface area contributed by atoms with Crippen molar-refractivity contribution in [1.82, 2.24) is 0 Å². The number of methoxy groups -OCH3 is 1. The maximum Gasteiger partial charge on any atom is 0.122 e. The van der Waals surface area contributed by atoms with Crippen molar-refractivity contribution in [3.8, 4) is 5.75 Å². The van der Waals surface area contributed by atoms with E-state index < -0.39 is 0 Å². The standard InChI is InChI=1S/C13H22N2O/c1-9(2)10(3)8-15-12-5-11(14)6-13(7-12)16-4/h5-7,9-10,15H,8,14H2,1-4H3. The van der Waals surface area contributed by atoms with Crippen molar-refractivity contribution in [2.75, 3.05) is 24.7 Å². The van der Waals surface area contributed by atoms with Crippen molar-refractivity contribution in [3.05, 3.63) is 18.2 Å². The summed E-state index contributed by atoms with van der Waals surface area (Å²) in [5.41, 5.74) is 7.52. The predicted molar refractivity (Wildman–Crippen MR) is 69.9 cm³/mol. The second-order valence-corrected chi connectivity index (χ2v) is 4.60. The van der Waals surface area contributed by atoms with E-state index in [1.54, 1.807) is 7.11 Å². The average molecular weight is 222 g/mol. The van der Waals surface area contributed by atoms with Gasteiger partial charge in [-0.2, -0.15) is 0 Å². The first-order chi connectivity index (χ1) is 7.52. The first kappa shape index (κ1) is 12.7. The van der Waals surface area contributed by atoms with Crippen LogP contribution in [0.1, 0.15) is 20.8 Å². The van der Waals surface area contributed by atoms with Gasteiger partial charge in [0.1, 0.15) is 5.75 Å². The number of nitrogens with one attached hydrogen (secondary N) is 1. The zero-order valence-corrected chi connectivity index (χ0v) is 10.6. The molecule has 1 aromatic carbocycles. The number of nitrogens with two attached hydrogens (primary N) is 1. The Labute approximate surface area is 98.0 Å². The van der Waals surface area contributed by atoms with Crippen molar-refractivity contribution < 1.29 is 4.74 Å². The molecule has 3 heteroatoms. The van der Waals surface area contributed by atoms with Gasteiger partial charge < -0.3 is 15.8 Å². The van der Waals surface area contributed by atoms with E-state index in [9.17, 15) is 0 Å². The Morgan fingerprint density at radius 1 is 1.25 bits per heavy atom. The van der Waals surface area contributed by atoms with Gasteiger partial charge in [0.05, 0.1) is 7.11 Å². The smallest absolute Gasteiger partial charge is 0.122 e. The molecule has 0 aliphatic carbocycles. The van der Waals surface area contributed by atoms with Crippen LogP contribution in [0.5, 0.6) is 5.75 Å². The third-order valence-corrected chi connectivity index (χ3v) is 2.93. The van der Waals surface area contributed by atoms with Crippen molar-refractivity contribution in [2.45, 2.75) is 20.8 Å². The molecule has 1 atom stereocenters. The minimum absolute atomic E-state index is 0.632. The molecule has 0 aliphatic rings. The molecule has 0 radical (unpaired) electrons. The number of benzene rings is 1.